The number of aliphatic hydroxyl groups is 1. The molecule has 2 unspecified atom stereocenters. The molecule has 0 spiro atoms. The number of hydrogen-bond donors (Lipinski definition) is 2. The van der Waals surface area contributed by atoms with Gasteiger partial charge in [0.05, 0.1) is 22.8 Å². The molecule has 1 aliphatic heterocycles. The van der Waals surface area contributed by atoms with Gasteiger partial charge in [-0.15, -0.1) is 0 Å². The first-order valence-corrected chi connectivity index (χ1v) is 7.19. The van der Waals surface area contributed by atoms with Crippen molar-refractivity contribution in [2.75, 3.05) is 13.2 Å². The highest BCUT2D eigenvalue weighted by Crippen LogP contribution is 2.40. The van der Waals surface area contributed by atoms with E-state index in [-0.39, 0.29) is 16.7 Å². The van der Waals surface area contributed by atoms with Crippen LogP contribution in [0.4, 0.5) is 0 Å². The maximum Gasteiger partial charge on any atom is 0.163 e. The van der Waals surface area contributed by atoms with E-state index in [2.05, 4.69) is 11.4 Å². The molecule has 0 radical (unpaired) electrons. The minimum absolute atomic E-state index is 0.118. The predicted molar refractivity (Wildman–Crippen MR) is 78.7 cm³/mol. The highest BCUT2D eigenvalue weighted by Gasteiger charge is 2.31. The fourth-order valence-corrected chi connectivity index (χ4v) is 2.90. The average molecular weight is 309 g/mol. The van der Waals surface area contributed by atoms with Crippen LogP contribution in [0.3, 0.4) is 0 Å². The van der Waals surface area contributed by atoms with Gasteiger partial charge in [-0.1, -0.05) is 11.6 Å². The summed E-state index contributed by atoms with van der Waals surface area (Å²) in [6.45, 7) is 4.14. The Bertz CT molecular complexity index is 610. The lowest BCUT2D eigenvalue weighted by molar-refractivity contribution is 0.101. The molecule has 0 amide bonds. The highest BCUT2D eigenvalue weighted by molar-refractivity contribution is 6.32. The maximum atomic E-state index is 11.8. The fourth-order valence-electron chi connectivity index (χ4n) is 2.65. The van der Waals surface area contributed by atoms with Gasteiger partial charge < -0.3 is 9.84 Å². The number of nitrogens with one attached hydrogen (secondary N) is 1. The lowest BCUT2D eigenvalue weighted by Gasteiger charge is -2.20. The molecule has 0 aliphatic carbocycles. The first kappa shape index (κ1) is 15.8. The van der Waals surface area contributed by atoms with Gasteiger partial charge in [0.25, 0.3) is 0 Å². The molecule has 112 valence electrons. The molecule has 0 bridgehead atoms. The zero-order valence-electron chi connectivity index (χ0n) is 11.9. The summed E-state index contributed by atoms with van der Waals surface area (Å²) in [5.41, 5.74) is 1.30. The van der Waals surface area contributed by atoms with Crippen molar-refractivity contribution in [1.82, 2.24) is 5.32 Å². The third-order valence-corrected chi connectivity index (χ3v) is 3.86. The van der Waals surface area contributed by atoms with Crippen LogP contribution in [-0.4, -0.2) is 30.3 Å². The number of nitrogens with zero attached hydrogens (tertiary/aromatic N) is 1. The number of aliphatic hydroxyl groups excluding tert-OH is 1. The molecule has 21 heavy (non-hydrogen) atoms. The van der Waals surface area contributed by atoms with Crippen molar-refractivity contribution in [3.8, 4) is 11.8 Å². The number of halogens is 1. The first-order chi connectivity index (χ1) is 9.99. The number of nitriles is 1. The van der Waals surface area contributed by atoms with Crippen LogP contribution in [0.5, 0.6) is 5.75 Å². The van der Waals surface area contributed by atoms with Gasteiger partial charge >= 0.3 is 0 Å². The van der Waals surface area contributed by atoms with Gasteiger partial charge in [-0.05, 0) is 26.3 Å². The summed E-state index contributed by atoms with van der Waals surface area (Å²) >= 11 is 6.15. The summed E-state index contributed by atoms with van der Waals surface area (Å²) in [7, 11) is 0. The number of benzene rings is 1. The van der Waals surface area contributed by atoms with Crippen LogP contribution < -0.4 is 10.1 Å². The Labute approximate surface area is 128 Å². The van der Waals surface area contributed by atoms with Crippen molar-refractivity contribution >= 4 is 17.4 Å². The molecule has 1 fully saturated rings. The normalized spacial score (nSPS) is 21.1. The maximum absolute atomic E-state index is 11.8. The summed E-state index contributed by atoms with van der Waals surface area (Å²) in [5.74, 6) is 0.123. The number of Topliss-reactive ketones (excluding diaryl/α,β-unsaturated/α-hetero) is 1. The molecule has 5 nitrogen and oxygen atoms in total. The molecule has 1 aliphatic rings. The number of carbonyl (C=O) groups is 1. The Morgan fingerprint density at radius 1 is 1.67 bits per heavy atom. The number of ketones is 1. The predicted octanol–water partition coefficient (Wildman–Crippen LogP) is 2.21. The monoisotopic (exact) mass is 308 g/mol. The van der Waals surface area contributed by atoms with Crippen molar-refractivity contribution in [2.45, 2.75) is 32.4 Å². The molecular weight excluding hydrogens is 292 g/mol. The van der Waals surface area contributed by atoms with Crippen molar-refractivity contribution in [2.24, 2.45) is 0 Å². The van der Waals surface area contributed by atoms with E-state index >= 15 is 0 Å². The molecular formula is C15H17ClN2O3. The molecule has 2 N–H and O–H groups in total. The van der Waals surface area contributed by atoms with Gasteiger partial charge in [-0.2, -0.15) is 5.26 Å². The van der Waals surface area contributed by atoms with Gasteiger partial charge in [0.15, 0.2) is 5.78 Å². The minimum Gasteiger partial charge on any atom is -0.493 e. The quantitative estimate of drug-likeness (QED) is 0.833. The molecule has 2 rings (SSSR count). The topological polar surface area (TPSA) is 82.4 Å². The van der Waals surface area contributed by atoms with E-state index in [0.29, 0.717) is 42.0 Å². The standard InChI is InChI=1S/C15H17ClN2O3/c1-3-21-15-10(8(2)19)5-12(16)11(6-17)14(15)9-4-13(20)18-7-9/h5,9,13,18,20H,3-4,7H2,1-2H3. The Morgan fingerprint density at radius 3 is 2.86 bits per heavy atom. The van der Waals surface area contributed by atoms with Gasteiger partial charge in [0.2, 0.25) is 0 Å². The smallest absolute Gasteiger partial charge is 0.163 e. The summed E-state index contributed by atoms with van der Waals surface area (Å²) in [4.78, 5) is 11.8. The molecule has 1 saturated heterocycles. The summed E-state index contributed by atoms with van der Waals surface area (Å²) in [6.07, 6.45) is -0.178. The molecule has 2 atom stereocenters. The van der Waals surface area contributed by atoms with E-state index in [1.165, 1.54) is 13.0 Å². The second-order valence-electron chi connectivity index (χ2n) is 4.98. The molecule has 1 aromatic rings. The molecule has 0 aromatic heterocycles. The zero-order valence-corrected chi connectivity index (χ0v) is 12.7. The van der Waals surface area contributed by atoms with Crippen LogP contribution in [0.25, 0.3) is 0 Å². The summed E-state index contributed by atoms with van der Waals surface area (Å²) < 4.78 is 5.63. The number of carbonyl (C=O) groups excluding carboxylic acids is 1. The lowest BCUT2D eigenvalue weighted by Crippen LogP contribution is -2.19. The third-order valence-electron chi connectivity index (χ3n) is 3.56. The van der Waals surface area contributed by atoms with Crippen LogP contribution in [0.1, 0.15) is 47.7 Å². The largest absolute Gasteiger partial charge is 0.493 e. The average Bonchev–Trinajstić information content (AvgIpc) is 2.86. The molecule has 1 aromatic carbocycles. The second kappa shape index (κ2) is 6.44. The van der Waals surface area contributed by atoms with Crippen LogP contribution in [0, 0.1) is 11.3 Å². The van der Waals surface area contributed by atoms with Crippen molar-refractivity contribution in [3.63, 3.8) is 0 Å². The van der Waals surface area contributed by atoms with Crippen LogP contribution in [0.15, 0.2) is 6.07 Å². The third kappa shape index (κ3) is 3.03. The van der Waals surface area contributed by atoms with E-state index in [9.17, 15) is 15.2 Å². The van der Waals surface area contributed by atoms with Crippen molar-refractivity contribution < 1.29 is 14.6 Å². The van der Waals surface area contributed by atoms with Gasteiger partial charge in [-0.25, -0.2) is 0 Å². The number of rotatable bonds is 4. The van der Waals surface area contributed by atoms with Crippen LogP contribution in [-0.2, 0) is 0 Å². The number of ether oxygens (including phenoxy) is 1. The van der Waals surface area contributed by atoms with E-state index in [4.69, 9.17) is 16.3 Å². The zero-order chi connectivity index (χ0) is 15.6. The second-order valence-corrected chi connectivity index (χ2v) is 5.39. The Hall–Kier alpha value is -1.61. The Balaban J connectivity index is 2.68. The fraction of sp³-hybridized carbons (Fsp3) is 0.467. The summed E-state index contributed by atoms with van der Waals surface area (Å²) in [5, 5.41) is 22.2. The minimum atomic E-state index is -0.629. The van der Waals surface area contributed by atoms with E-state index in [1.54, 1.807) is 0 Å². The van der Waals surface area contributed by atoms with Gasteiger partial charge in [-0.3, -0.25) is 10.1 Å². The van der Waals surface area contributed by atoms with Crippen LogP contribution in [0.2, 0.25) is 5.02 Å². The van der Waals surface area contributed by atoms with Crippen molar-refractivity contribution in [1.29, 1.82) is 5.26 Å². The molecule has 0 saturated carbocycles. The van der Waals surface area contributed by atoms with Gasteiger partial charge in [0.1, 0.15) is 18.0 Å². The van der Waals surface area contributed by atoms with Crippen LogP contribution >= 0.6 is 11.6 Å². The lowest BCUT2D eigenvalue weighted by atomic mass is 9.89. The Kier molecular flexibility index (Phi) is 4.84. The first-order valence-electron chi connectivity index (χ1n) is 6.81. The molecule has 1 heterocycles. The van der Waals surface area contributed by atoms with Crippen molar-refractivity contribution in [3.05, 3.63) is 27.8 Å². The van der Waals surface area contributed by atoms with Gasteiger partial charge in [0, 0.05) is 18.0 Å². The van der Waals surface area contributed by atoms with E-state index in [1.807, 2.05) is 6.92 Å². The number of hydrogen-bond acceptors (Lipinski definition) is 5. The highest BCUT2D eigenvalue weighted by atomic mass is 35.5. The molecule has 6 heteroatoms. The van der Waals surface area contributed by atoms with E-state index in [0.717, 1.165) is 0 Å². The summed E-state index contributed by atoms with van der Waals surface area (Å²) in [6, 6.07) is 3.57. The SMILES string of the molecule is CCOc1c(C(C)=O)cc(Cl)c(C#N)c1C1CNC(O)C1. The Morgan fingerprint density at radius 2 is 2.38 bits per heavy atom. The van der Waals surface area contributed by atoms with E-state index < -0.39 is 6.23 Å².